The van der Waals surface area contributed by atoms with E-state index in [4.69, 9.17) is 32.4 Å². The maximum atomic E-state index is 13.2. The summed E-state index contributed by atoms with van der Waals surface area (Å²) in [6.45, 7) is 6.48. The molecule has 0 N–H and O–H groups in total. The number of benzene rings is 3. The van der Waals surface area contributed by atoms with Crippen LogP contribution in [0.3, 0.4) is 0 Å². The van der Waals surface area contributed by atoms with Crippen LogP contribution in [0, 0.1) is 0 Å². The average Bonchev–Trinajstić information content (AvgIpc) is 2.85. The molecule has 0 fully saturated rings. The van der Waals surface area contributed by atoms with Gasteiger partial charge in [-0.1, -0.05) is 48.3 Å². The second-order valence-corrected chi connectivity index (χ2v) is 9.39. The maximum absolute atomic E-state index is 13.2. The molecule has 0 bridgehead atoms. The van der Waals surface area contributed by atoms with E-state index in [1.54, 1.807) is 12.1 Å². The Morgan fingerprint density at radius 3 is 2.17 bits per heavy atom. The highest BCUT2D eigenvalue weighted by atomic mass is 35.5. The molecular weight excluding hydrogens is 487 g/mol. The van der Waals surface area contributed by atoms with Gasteiger partial charge in [0.25, 0.3) is 11.1 Å². The van der Waals surface area contributed by atoms with Crippen LogP contribution < -0.4 is 11.1 Å². The molecule has 0 aliphatic carbocycles. The monoisotopic (exact) mass is 514 g/mol. The van der Waals surface area contributed by atoms with Crippen LogP contribution in [-0.4, -0.2) is 43.3 Å². The van der Waals surface area contributed by atoms with E-state index in [9.17, 15) is 9.59 Å². The smallest absolute Gasteiger partial charge is 0.261 e. The van der Waals surface area contributed by atoms with Gasteiger partial charge in [-0.2, -0.15) is 0 Å². The normalized spacial score (nSPS) is 11.7. The fourth-order valence-electron chi connectivity index (χ4n) is 4.17. The van der Waals surface area contributed by atoms with Crippen molar-refractivity contribution in [3.8, 4) is 0 Å². The lowest BCUT2D eigenvalue weighted by molar-refractivity contribution is 0.141. The zero-order valence-corrected chi connectivity index (χ0v) is 21.8. The predicted octanol–water partition coefficient (Wildman–Crippen LogP) is 6.15. The first-order chi connectivity index (χ1) is 16.8. The van der Waals surface area contributed by atoms with E-state index in [2.05, 4.69) is 25.9 Å². The number of hydrogen-bond donors (Lipinski definition) is 0. The summed E-state index contributed by atoms with van der Waals surface area (Å²) in [4.78, 5) is 28.6. The van der Waals surface area contributed by atoms with Crippen molar-refractivity contribution in [2.24, 2.45) is 0 Å². The van der Waals surface area contributed by atoms with E-state index < -0.39 is 0 Å². The average molecular weight is 515 g/mol. The van der Waals surface area contributed by atoms with E-state index >= 15 is 0 Å². The molecule has 0 aliphatic heterocycles. The minimum Gasteiger partial charge on any atom is -0.454 e. The molecule has 0 radical (unpaired) electrons. The lowest BCUT2D eigenvalue weighted by Crippen LogP contribution is -2.33. The van der Waals surface area contributed by atoms with Gasteiger partial charge in [0.15, 0.2) is 5.58 Å². The van der Waals surface area contributed by atoms with Gasteiger partial charge in [0, 0.05) is 41.3 Å². The Bertz CT molecular complexity index is 1590. The van der Waals surface area contributed by atoms with E-state index in [0.717, 1.165) is 17.3 Å². The molecule has 184 valence electrons. The number of pyridine rings is 1. The summed E-state index contributed by atoms with van der Waals surface area (Å²) in [5.41, 5.74) is 0.301. The summed E-state index contributed by atoms with van der Waals surface area (Å²) in [7, 11) is 4.11. The van der Waals surface area contributed by atoms with Crippen LogP contribution in [0.4, 0.5) is 0 Å². The number of nitrogens with zero attached hydrogens (tertiary/aromatic N) is 2. The van der Waals surface area contributed by atoms with Gasteiger partial charge >= 0.3 is 0 Å². The van der Waals surface area contributed by atoms with E-state index in [0.29, 0.717) is 62.4 Å². The molecule has 0 saturated carbocycles. The maximum Gasteiger partial charge on any atom is 0.261 e. The molecule has 0 saturated heterocycles. The third-order valence-electron chi connectivity index (χ3n) is 6.09. The van der Waals surface area contributed by atoms with Crippen LogP contribution in [0.1, 0.15) is 20.3 Å². The summed E-state index contributed by atoms with van der Waals surface area (Å²) in [6, 6.07) is 10.7. The fourth-order valence-corrected chi connectivity index (χ4v) is 4.72. The number of aromatic nitrogens is 1. The first-order valence-electron chi connectivity index (χ1n) is 11.6. The number of halogens is 2. The fraction of sp³-hybridized carbons (Fsp3) is 0.333. The molecular formula is C27H28Cl2N2O4. The van der Waals surface area contributed by atoms with Crippen molar-refractivity contribution in [3.63, 3.8) is 0 Å². The number of hydrogen-bond acceptors (Lipinski definition) is 5. The van der Waals surface area contributed by atoms with E-state index in [1.807, 2.05) is 31.2 Å². The summed E-state index contributed by atoms with van der Waals surface area (Å²) in [6.07, 6.45) is 0.553. The van der Waals surface area contributed by atoms with Crippen molar-refractivity contribution >= 4 is 66.7 Å². The molecule has 35 heavy (non-hydrogen) atoms. The van der Waals surface area contributed by atoms with Crippen molar-refractivity contribution < 1.29 is 9.15 Å². The lowest BCUT2D eigenvalue weighted by atomic mass is 9.96. The number of fused-ring (bicyclic) bond motifs is 2. The van der Waals surface area contributed by atoms with Crippen molar-refractivity contribution in [1.82, 2.24) is 9.47 Å². The highest BCUT2D eigenvalue weighted by molar-refractivity contribution is 6.45. The number of para-hydroxylation sites is 1. The molecule has 0 aliphatic rings. The molecule has 0 amide bonds. The minimum atomic E-state index is -0.371. The molecule has 0 spiro atoms. The van der Waals surface area contributed by atoms with E-state index in [1.165, 1.54) is 4.57 Å². The predicted molar refractivity (Wildman–Crippen MR) is 146 cm³/mol. The first kappa shape index (κ1) is 25.5. The molecule has 8 heteroatoms. The van der Waals surface area contributed by atoms with Gasteiger partial charge in [0.05, 0.1) is 20.8 Å². The quantitative estimate of drug-likeness (QED) is 0.154. The largest absolute Gasteiger partial charge is 0.454 e. The Morgan fingerprint density at radius 1 is 0.914 bits per heavy atom. The van der Waals surface area contributed by atoms with Gasteiger partial charge in [-0.05, 0) is 52.2 Å². The van der Waals surface area contributed by atoms with Crippen LogP contribution in [0.25, 0.3) is 43.5 Å². The first-order valence-corrected chi connectivity index (χ1v) is 12.4. The Balaban J connectivity index is 0.000000527. The van der Waals surface area contributed by atoms with Crippen molar-refractivity contribution in [3.05, 3.63) is 67.2 Å². The third-order valence-corrected chi connectivity index (χ3v) is 6.67. The van der Waals surface area contributed by atoms with Crippen molar-refractivity contribution in [1.29, 1.82) is 0 Å². The highest BCUT2D eigenvalue weighted by Crippen LogP contribution is 2.43. The molecule has 2 aromatic heterocycles. The van der Waals surface area contributed by atoms with Gasteiger partial charge in [0.1, 0.15) is 5.58 Å². The van der Waals surface area contributed by atoms with E-state index in [-0.39, 0.29) is 17.7 Å². The van der Waals surface area contributed by atoms with Crippen molar-refractivity contribution in [2.75, 3.05) is 33.9 Å². The topological polar surface area (TPSA) is 64.7 Å². The second-order valence-electron chi connectivity index (χ2n) is 8.57. The highest BCUT2D eigenvalue weighted by Gasteiger charge is 2.23. The van der Waals surface area contributed by atoms with Gasteiger partial charge in [-0.15, -0.1) is 0 Å². The Labute approximate surface area is 212 Å². The van der Waals surface area contributed by atoms with Gasteiger partial charge in [0.2, 0.25) is 0 Å². The molecule has 0 atom stereocenters. The van der Waals surface area contributed by atoms with Gasteiger partial charge in [-0.3, -0.25) is 14.2 Å². The van der Waals surface area contributed by atoms with Gasteiger partial charge in [-0.25, -0.2) is 0 Å². The molecule has 5 rings (SSSR count). The summed E-state index contributed by atoms with van der Waals surface area (Å²) < 4.78 is 12.6. The second kappa shape index (κ2) is 10.5. The Hall–Kier alpha value is -2.64. The summed E-state index contributed by atoms with van der Waals surface area (Å²) >= 11 is 13.2. The minimum absolute atomic E-state index is 0.261. The van der Waals surface area contributed by atoms with Crippen LogP contribution in [0.5, 0.6) is 0 Å². The molecule has 0 unspecified atom stereocenters. The van der Waals surface area contributed by atoms with Crippen molar-refractivity contribution in [2.45, 2.75) is 26.8 Å². The van der Waals surface area contributed by atoms with Crippen LogP contribution >= 0.6 is 23.2 Å². The summed E-state index contributed by atoms with van der Waals surface area (Å²) in [5.74, 6) is 0. The van der Waals surface area contributed by atoms with Crippen LogP contribution in [-0.2, 0) is 11.3 Å². The molecule has 3 aromatic carbocycles. The zero-order valence-electron chi connectivity index (χ0n) is 20.3. The Morgan fingerprint density at radius 2 is 1.54 bits per heavy atom. The molecule has 6 nitrogen and oxygen atoms in total. The third kappa shape index (κ3) is 4.64. The van der Waals surface area contributed by atoms with Crippen LogP contribution in [0.15, 0.2) is 50.4 Å². The van der Waals surface area contributed by atoms with Crippen LogP contribution in [0.2, 0.25) is 10.0 Å². The lowest BCUT2D eigenvalue weighted by Gasteiger charge is -2.16. The summed E-state index contributed by atoms with van der Waals surface area (Å²) in [5, 5.41) is 4.15. The molecule has 2 heterocycles. The SMILES string of the molecule is CCN(C)C.CCOCCCn1c(=O)c2cc(Cl)c3oc4ccccc4c4c(Cl)cc(c1=O)c2c34. The standard InChI is InChI=1S/C23H17Cl2NO4.C4H11N/c1-2-29-9-5-8-26-22(27)13-10-15(24)19-12-6-3-4-7-17(12)30-21-16(25)11-14(23(26)28)18(13)20(19)21;1-4-5(2)3/h3-4,6-7,10-11H,2,5,8-9H2,1H3;4H2,1-3H3. The van der Waals surface area contributed by atoms with Gasteiger partial charge < -0.3 is 14.1 Å². The number of ether oxygens (including phenoxy) is 1. The zero-order chi connectivity index (χ0) is 25.3. The number of rotatable bonds is 6. The molecule has 5 aromatic rings. The Kier molecular flexibility index (Phi) is 7.67.